The normalized spacial score (nSPS) is 15.8. The van der Waals surface area contributed by atoms with Crippen LogP contribution in [0.4, 0.5) is 0 Å². The number of nitrogens with zero attached hydrogens (tertiary/aromatic N) is 1. The van der Waals surface area contributed by atoms with Crippen LogP contribution in [0.2, 0.25) is 0 Å². The highest BCUT2D eigenvalue weighted by atomic mass is 16.5. The van der Waals surface area contributed by atoms with Gasteiger partial charge in [0.15, 0.2) is 0 Å². The van der Waals surface area contributed by atoms with Crippen LogP contribution in [0.1, 0.15) is 41.2 Å². The summed E-state index contributed by atoms with van der Waals surface area (Å²) in [4.78, 5) is 15.2. The number of para-hydroxylation sites is 1. The van der Waals surface area contributed by atoms with Gasteiger partial charge in [0.25, 0.3) is 5.91 Å². The van der Waals surface area contributed by atoms with E-state index < -0.39 is 0 Å². The summed E-state index contributed by atoms with van der Waals surface area (Å²) in [6, 6.07) is 15.6. The molecule has 0 aliphatic carbocycles. The Morgan fingerprint density at radius 1 is 1.00 bits per heavy atom. The highest BCUT2D eigenvalue weighted by molar-refractivity contribution is 5.96. The zero-order chi connectivity index (χ0) is 19.1. The van der Waals surface area contributed by atoms with Gasteiger partial charge in [0.05, 0.1) is 25.8 Å². The summed E-state index contributed by atoms with van der Waals surface area (Å²) in [6.07, 6.45) is 3.68. The molecular formula is C22H28N2O3. The zero-order valence-electron chi connectivity index (χ0n) is 16.1. The molecule has 1 atom stereocenters. The monoisotopic (exact) mass is 368 g/mol. The predicted octanol–water partition coefficient (Wildman–Crippen LogP) is 3.66. The largest absolute Gasteiger partial charge is 0.497 e. The second-order valence-electron chi connectivity index (χ2n) is 6.80. The van der Waals surface area contributed by atoms with Gasteiger partial charge in [0, 0.05) is 6.54 Å². The standard InChI is InChI=1S/C22H28N2O3/c1-26-18-12-10-17(11-13-18)20(24-14-6-3-7-15-24)16-23-22(25)19-8-4-5-9-21(19)27-2/h4-5,8-13,20H,3,6-7,14-16H2,1-2H3,(H,23,25)/t20-/m1/s1. The van der Waals surface area contributed by atoms with Crippen LogP contribution in [0.3, 0.4) is 0 Å². The SMILES string of the molecule is COc1ccc([C@@H](CNC(=O)c2ccccc2OC)N2CCCCC2)cc1. The number of rotatable bonds is 7. The molecule has 1 amide bonds. The second-order valence-corrected chi connectivity index (χ2v) is 6.80. The Balaban J connectivity index is 1.75. The molecule has 0 spiro atoms. The summed E-state index contributed by atoms with van der Waals surface area (Å²) in [5, 5.41) is 3.11. The smallest absolute Gasteiger partial charge is 0.255 e. The number of nitrogens with one attached hydrogen (secondary N) is 1. The van der Waals surface area contributed by atoms with Crippen molar-refractivity contribution < 1.29 is 14.3 Å². The molecule has 5 nitrogen and oxygen atoms in total. The topological polar surface area (TPSA) is 50.8 Å². The van der Waals surface area contributed by atoms with Crippen LogP contribution in [0.5, 0.6) is 11.5 Å². The third kappa shape index (κ3) is 4.80. The van der Waals surface area contributed by atoms with Gasteiger partial charge in [-0.15, -0.1) is 0 Å². The predicted molar refractivity (Wildman–Crippen MR) is 106 cm³/mol. The number of carbonyl (C=O) groups is 1. The first-order chi connectivity index (χ1) is 13.2. The molecule has 1 aliphatic rings. The molecule has 1 heterocycles. The number of amides is 1. The van der Waals surface area contributed by atoms with Crippen molar-refractivity contribution in [2.75, 3.05) is 33.9 Å². The first-order valence-corrected chi connectivity index (χ1v) is 9.52. The Hall–Kier alpha value is -2.53. The van der Waals surface area contributed by atoms with Gasteiger partial charge in [0.2, 0.25) is 0 Å². The highest BCUT2D eigenvalue weighted by Gasteiger charge is 2.23. The van der Waals surface area contributed by atoms with Gasteiger partial charge >= 0.3 is 0 Å². The fourth-order valence-corrected chi connectivity index (χ4v) is 3.63. The average molecular weight is 368 g/mol. The molecule has 1 N–H and O–H groups in total. The summed E-state index contributed by atoms with van der Waals surface area (Å²) in [6.45, 7) is 2.67. The second kappa shape index (κ2) is 9.42. The molecule has 1 saturated heterocycles. The molecule has 0 aromatic heterocycles. The maximum Gasteiger partial charge on any atom is 0.255 e. The zero-order valence-corrected chi connectivity index (χ0v) is 16.1. The first-order valence-electron chi connectivity index (χ1n) is 9.52. The van der Waals surface area contributed by atoms with E-state index in [9.17, 15) is 4.79 Å². The van der Waals surface area contributed by atoms with E-state index in [2.05, 4.69) is 22.3 Å². The molecular weight excluding hydrogens is 340 g/mol. The van der Waals surface area contributed by atoms with Gasteiger partial charge in [-0.25, -0.2) is 0 Å². The van der Waals surface area contributed by atoms with E-state index in [-0.39, 0.29) is 11.9 Å². The van der Waals surface area contributed by atoms with E-state index in [1.807, 2.05) is 24.3 Å². The van der Waals surface area contributed by atoms with Crippen LogP contribution < -0.4 is 14.8 Å². The summed E-state index contributed by atoms with van der Waals surface area (Å²) in [5.41, 5.74) is 1.75. The van der Waals surface area contributed by atoms with Gasteiger partial charge in [-0.05, 0) is 55.8 Å². The quantitative estimate of drug-likeness (QED) is 0.810. The number of methoxy groups -OCH3 is 2. The van der Waals surface area contributed by atoms with Crippen LogP contribution in [-0.4, -0.2) is 44.7 Å². The molecule has 0 saturated carbocycles. The van der Waals surface area contributed by atoms with Crippen LogP contribution in [0.25, 0.3) is 0 Å². The highest BCUT2D eigenvalue weighted by Crippen LogP contribution is 2.26. The lowest BCUT2D eigenvalue weighted by Gasteiger charge is -2.35. The van der Waals surface area contributed by atoms with Crippen molar-refractivity contribution in [1.82, 2.24) is 10.2 Å². The van der Waals surface area contributed by atoms with Crippen LogP contribution >= 0.6 is 0 Å². The van der Waals surface area contributed by atoms with Gasteiger partial charge in [0.1, 0.15) is 11.5 Å². The van der Waals surface area contributed by atoms with E-state index in [0.29, 0.717) is 17.9 Å². The maximum absolute atomic E-state index is 12.7. The van der Waals surface area contributed by atoms with Crippen LogP contribution in [0.15, 0.2) is 48.5 Å². The number of ether oxygens (including phenoxy) is 2. The fraction of sp³-hybridized carbons (Fsp3) is 0.409. The Bertz CT molecular complexity index is 739. The van der Waals surface area contributed by atoms with E-state index in [1.165, 1.54) is 24.8 Å². The molecule has 0 radical (unpaired) electrons. The first kappa shape index (κ1) is 19.2. The Labute approximate surface area is 161 Å². The summed E-state index contributed by atoms with van der Waals surface area (Å²) in [5.74, 6) is 1.33. The average Bonchev–Trinajstić information content (AvgIpc) is 2.75. The van der Waals surface area contributed by atoms with E-state index in [4.69, 9.17) is 9.47 Å². The molecule has 0 bridgehead atoms. The van der Waals surface area contributed by atoms with Crippen molar-refractivity contribution in [1.29, 1.82) is 0 Å². The van der Waals surface area contributed by atoms with E-state index >= 15 is 0 Å². The van der Waals surface area contributed by atoms with Crippen molar-refractivity contribution in [3.05, 3.63) is 59.7 Å². The number of benzene rings is 2. The Kier molecular flexibility index (Phi) is 6.71. The minimum absolute atomic E-state index is 0.108. The minimum Gasteiger partial charge on any atom is -0.497 e. The number of piperidine rings is 1. The number of hydrogen-bond donors (Lipinski definition) is 1. The lowest BCUT2D eigenvalue weighted by molar-refractivity contribution is 0.0921. The van der Waals surface area contributed by atoms with Crippen molar-refractivity contribution in [3.8, 4) is 11.5 Å². The summed E-state index contributed by atoms with van der Waals surface area (Å²) < 4.78 is 10.6. The minimum atomic E-state index is -0.108. The summed E-state index contributed by atoms with van der Waals surface area (Å²) in [7, 11) is 3.25. The van der Waals surface area contributed by atoms with Crippen molar-refractivity contribution in [2.24, 2.45) is 0 Å². The molecule has 2 aromatic rings. The van der Waals surface area contributed by atoms with E-state index in [0.717, 1.165) is 18.8 Å². The number of likely N-dealkylation sites (tertiary alicyclic amines) is 1. The van der Waals surface area contributed by atoms with Gasteiger partial charge in [-0.1, -0.05) is 30.7 Å². The Morgan fingerprint density at radius 3 is 2.37 bits per heavy atom. The third-order valence-electron chi connectivity index (χ3n) is 5.14. The van der Waals surface area contributed by atoms with Gasteiger partial charge in [-0.3, -0.25) is 9.69 Å². The molecule has 0 unspecified atom stereocenters. The molecule has 144 valence electrons. The van der Waals surface area contributed by atoms with Crippen molar-refractivity contribution >= 4 is 5.91 Å². The van der Waals surface area contributed by atoms with Gasteiger partial charge < -0.3 is 14.8 Å². The number of hydrogen-bond acceptors (Lipinski definition) is 4. The fourth-order valence-electron chi connectivity index (χ4n) is 3.63. The molecule has 3 rings (SSSR count). The van der Waals surface area contributed by atoms with Crippen molar-refractivity contribution in [3.63, 3.8) is 0 Å². The third-order valence-corrected chi connectivity index (χ3v) is 5.14. The van der Waals surface area contributed by atoms with Crippen molar-refractivity contribution in [2.45, 2.75) is 25.3 Å². The van der Waals surface area contributed by atoms with E-state index in [1.54, 1.807) is 26.4 Å². The lowest BCUT2D eigenvalue weighted by Crippen LogP contribution is -2.40. The van der Waals surface area contributed by atoms with Crippen LogP contribution in [0, 0.1) is 0 Å². The molecule has 27 heavy (non-hydrogen) atoms. The van der Waals surface area contributed by atoms with Gasteiger partial charge in [-0.2, -0.15) is 0 Å². The molecule has 5 heteroatoms. The Morgan fingerprint density at radius 2 is 1.70 bits per heavy atom. The number of carbonyl (C=O) groups excluding carboxylic acids is 1. The molecule has 2 aromatic carbocycles. The lowest BCUT2D eigenvalue weighted by atomic mass is 10.0. The maximum atomic E-state index is 12.7. The molecule has 1 aliphatic heterocycles. The summed E-state index contributed by atoms with van der Waals surface area (Å²) >= 11 is 0. The van der Waals surface area contributed by atoms with Crippen LogP contribution in [-0.2, 0) is 0 Å². The molecule has 1 fully saturated rings.